The van der Waals surface area contributed by atoms with Gasteiger partial charge >= 0.3 is 0 Å². The maximum Gasteiger partial charge on any atom is 0.246 e. The lowest BCUT2D eigenvalue weighted by molar-refractivity contribution is -0.125. The largest absolute Gasteiger partial charge is 0.491 e. The average Bonchev–Trinajstić information content (AvgIpc) is 2.60. The van der Waals surface area contributed by atoms with Gasteiger partial charge in [-0.2, -0.15) is 0 Å². The van der Waals surface area contributed by atoms with Crippen LogP contribution < -0.4 is 15.4 Å². The number of carbonyl (C=O) groups is 1. The number of benzene rings is 1. The molecule has 7 heteroatoms. The highest BCUT2D eigenvalue weighted by atomic mass is 35.5. The molecular formula is C17H28ClN3O3. The minimum Gasteiger partial charge on any atom is -0.491 e. The zero-order valence-corrected chi connectivity index (χ0v) is 14.9. The van der Waals surface area contributed by atoms with Crippen LogP contribution in [0.2, 0.25) is 0 Å². The van der Waals surface area contributed by atoms with Crippen LogP contribution in [-0.4, -0.2) is 69.9 Å². The van der Waals surface area contributed by atoms with Crippen molar-refractivity contribution in [2.75, 3.05) is 59.1 Å². The van der Waals surface area contributed by atoms with Crippen molar-refractivity contribution in [1.29, 1.82) is 0 Å². The molecule has 0 aliphatic carbocycles. The highest BCUT2D eigenvalue weighted by Crippen LogP contribution is 2.07. The minimum absolute atomic E-state index is 0. The van der Waals surface area contributed by atoms with Gasteiger partial charge in [-0.3, -0.25) is 4.79 Å². The monoisotopic (exact) mass is 357 g/mol. The summed E-state index contributed by atoms with van der Waals surface area (Å²) in [5.41, 5.74) is 0. The zero-order chi connectivity index (χ0) is 16.2. The number of rotatable bonds is 10. The molecule has 1 saturated heterocycles. The molecule has 0 aromatic heterocycles. The first kappa shape index (κ1) is 20.7. The fourth-order valence-electron chi connectivity index (χ4n) is 2.42. The van der Waals surface area contributed by atoms with E-state index in [1.165, 1.54) is 0 Å². The first-order chi connectivity index (χ1) is 11.3. The normalized spacial score (nSPS) is 14.7. The van der Waals surface area contributed by atoms with Gasteiger partial charge in [0.05, 0.1) is 6.61 Å². The van der Waals surface area contributed by atoms with E-state index >= 15 is 0 Å². The van der Waals surface area contributed by atoms with Crippen molar-refractivity contribution in [3.63, 3.8) is 0 Å². The van der Waals surface area contributed by atoms with E-state index in [0.29, 0.717) is 19.8 Å². The number of piperazine rings is 1. The number of hydrogen-bond acceptors (Lipinski definition) is 5. The maximum atomic E-state index is 11.6. The number of carbonyl (C=O) groups excluding carboxylic acids is 1. The van der Waals surface area contributed by atoms with Crippen LogP contribution >= 0.6 is 12.4 Å². The van der Waals surface area contributed by atoms with E-state index in [1.54, 1.807) is 0 Å². The van der Waals surface area contributed by atoms with E-state index in [2.05, 4.69) is 15.5 Å². The Morgan fingerprint density at radius 2 is 1.92 bits per heavy atom. The third-order valence-corrected chi connectivity index (χ3v) is 3.66. The van der Waals surface area contributed by atoms with E-state index in [4.69, 9.17) is 9.47 Å². The molecule has 0 saturated carbocycles. The number of halogens is 1. The summed E-state index contributed by atoms with van der Waals surface area (Å²) in [7, 11) is 0. The molecule has 0 atom stereocenters. The molecule has 1 aliphatic rings. The lowest BCUT2D eigenvalue weighted by Gasteiger charge is -2.27. The first-order valence-electron chi connectivity index (χ1n) is 8.30. The van der Waals surface area contributed by atoms with Crippen LogP contribution in [0.4, 0.5) is 0 Å². The molecule has 0 spiro atoms. The van der Waals surface area contributed by atoms with Gasteiger partial charge in [-0.05, 0) is 25.1 Å². The summed E-state index contributed by atoms with van der Waals surface area (Å²) in [5, 5.41) is 6.21. The Balaban J connectivity index is 0.00000288. The maximum absolute atomic E-state index is 11.6. The molecule has 2 rings (SSSR count). The third kappa shape index (κ3) is 9.08. The molecule has 6 nitrogen and oxygen atoms in total. The summed E-state index contributed by atoms with van der Waals surface area (Å²) in [6, 6.07) is 9.57. The van der Waals surface area contributed by atoms with Crippen molar-refractivity contribution in [2.45, 2.75) is 6.42 Å². The lowest BCUT2D eigenvalue weighted by atomic mass is 10.3. The fourth-order valence-corrected chi connectivity index (χ4v) is 2.42. The number of amides is 1. The number of nitrogens with zero attached hydrogens (tertiary/aromatic N) is 1. The topological polar surface area (TPSA) is 62.8 Å². The van der Waals surface area contributed by atoms with Gasteiger partial charge in [0, 0.05) is 32.7 Å². The molecule has 0 bridgehead atoms. The predicted octanol–water partition coefficient (Wildman–Crippen LogP) is 0.915. The second-order valence-corrected chi connectivity index (χ2v) is 5.51. The molecular weight excluding hydrogens is 330 g/mol. The zero-order valence-electron chi connectivity index (χ0n) is 14.0. The molecule has 1 heterocycles. The van der Waals surface area contributed by atoms with E-state index < -0.39 is 0 Å². The number of hydrogen-bond donors (Lipinski definition) is 2. The van der Waals surface area contributed by atoms with Crippen LogP contribution in [0, 0.1) is 0 Å². The van der Waals surface area contributed by atoms with Crippen molar-refractivity contribution in [2.24, 2.45) is 0 Å². The quantitative estimate of drug-likeness (QED) is 0.610. The lowest BCUT2D eigenvalue weighted by Crippen LogP contribution is -2.44. The van der Waals surface area contributed by atoms with Crippen LogP contribution in [0.1, 0.15) is 6.42 Å². The van der Waals surface area contributed by atoms with Crippen molar-refractivity contribution in [3.05, 3.63) is 30.3 Å². The highest BCUT2D eigenvalue weighted by Gasteiger charge is 2.08. The van der Waals surface area contributed by atoms with Crippen LogP contribution in [-0.2, 0) is 9.53 Å². The number of para-hydroxylation sites is 1. The first-order valence-corrected chi connectivity index (χ1v) is 8.30. The van der Waals surface area contributed by atoms with Gasteiger partial charge in [0.15, 0.2) is 0 Å². The molecule has 0 radical (unpaired) electrons. The Labute approximate surface area is 150 Å². The molecule has 0 unspecified atom stereocenters. The summed E-state index contributed by atoms with van der Waals surface area (Å²) in [4.78, 5) is 14.0. The Kier molecular flexibility index (Phi) is 11.2. The van der Waals surface area contributed by atoms with Crippen LogP contribution in [0.15, 0.2) is 30.3 Å². The Morgan fingerprint density at radius 1 is 1.17 bits per heavy atom. The average molecular weight is 358 g/mol. The molecule has 24 heavy (non-hydrogen) atoms. The van der Waals surface area contributed by atoms with Gasteiger partial charge in [-0.15, -0.1) is 12.4 Å². The molecule has 2 N–H and O–H groups in total. The van der Waals surface area contributed by atoms with Crippen LogP contribution in [0.5, 0.6) is 5.75 Å². The molecule has 136 valence electrons. The summed E-state index contributed by atoms with van der Waals surface area (Å²) >= 11 is 0. The van der Waals surface area contributed by atoms with E-state index in [-0.39, 0.29) is 24.9 Å². The van der Waals surface area contributed by atoms with Crippen LogP contribution in [0.3, 0.4) is 0 Å². The van der Waals surface area contributed by atoms with Crippen molar-refractivity contribution >= 4 is 18.3 Å². The van der Waals surface area contributed by atoms with Gasteiger partial charge in [-0.1, -0.05) is 18.2 Å². The fraction of sp³-hybridized carbons (Fsp3) is 0.588. The van der Waals surface area contributed by atoms with Gasteiger partial charge in [0.2, 0.25) is 5.91 Å². The third-order valence-electron chi connectivity index (χ3n) is 3.66. The van der Waals surface area contributed by atoms with Gasteiger partial charge in [-0.25, -0.2) is 0 Å². The van der Waals surface area contributed by atoms with Crippen molar-refractivity contribution < 1.29 is 14.3 Å². The number of ether oxygens (including phenoxy) is 2. The van der Waals surface area contributed by atoms with E-state index in [9.17, 15) is 4.79 Å². The summed E-state index contributed by atoms with van der Waals surface area (Å²) in [5.74, 6) is 0.749. The smallest absolute Gasteiger partial charge is 0.246 e. The van der Waals surface area contributed by atoms with Gasteiger partial charge in [0.1, 0.15) is 19.0 Å². The van der Waals surface area contributed by atoms with Crippen LogP contribution in [0.25, 0.3) is 0 Å². The highest BCUT2D eigenvalue weighted by molar-refractivity contribution is 5.85. The van der Waals surface area contributed by atoms with Crippen molar-refractivity contribution in [1.82, 2.24) is 15.5 Å². The second-order valence-electron chi connectivity index (χ2n) is 5.51. The minimum atomic E-state index is -0.0648. The molecule has 1 amide bonds. The van der Waals surface area contributed by atoms with E-state index in [0.717, 1.165) is 44.9 Å². The summed E-state index contributed by atoms with van der Waals surface area (Å²) in [6.07, 6.45) is 0.975. The van der Waals surface area contributed by atoms with Crippen molar-refractivity contribution in [3.8, 4) is 5.75 Å². The van der Waals surface area contributed by atoms with Gasteiger partial charge < -0.3 is 25.0 Å². The number of nitrogens with one attached hydrogen (secondary N) is 2. The predicted molar refractivity (Wildman–Crippen MR) is 96.9 cm³/mol. The molecule has 1 aromatic carbocycles. The van der Waals surface area contributed by atoms with E-state index in [1.807, 2.05) is 30.3 Å². The summed E-state index contributed by atoms with van der Waals surface area (Å²) in [6.45, 7) is 6.99. The molecule has 1 aliphatic heterocycles. The standard InChI is InChI=1S/C17H27N3O3.ClH/c21-17(19-7-4-10-20-11-8-18-9-12-20)15-22-13-14-23-16-5-2-1-3-6-16;/h1-3,5-6,18H,4,7-15H2,(H,19,21);1H. The Hall–Kier alpha value is -1.34. The second kappa shape index (κ2) is 13.0. The molecule has 1 fully saturated rings. The van der Waals surface area contributed by atoms with Gasteiger partial charge in [0.25, 0.3) is 0 Å². The Bertz CT molecular complexity index is 442. The SMILES string of the molecule is Cl.O=C(COCCOc1ccccc1)NCCCN1CCNCC1. The molecule has 1 aromatic rings. The summed E-state index contributed by atoms with van der Waals surface area (Å²) < 4.78 is 10.8. The Morgan fingerprint density at radius 3 is 2.67 bits per heavy atom.